The quantitative estimate of drug-likeness (QED) is 0.179. The number of anilines is 1. The van der Waals surface area contributed by atoms with Crippen molar-refractivity contribution in [3.63, 3.8) is 0 Å². The van der Waals surface area contributed by atoms with Gasteiger partial charge in [0.25, 0.3) is 5.69 Å². The van der Waals surface area contributed by atoms with Gasteiger partial charge in [-0.15, -0.1) is 0 Å². The molecule has 2 aromatic rings. The molecule has 10 nitrogen and oxygen atoms in total. The molecule has 0 radical (unpaired) electrons. The number of nitrogens with zero attached hydrogens (tertiary/aromatic N) is 2. The van der Waals surface area contributed by atoms with Gasteiger partial charge in [-0.1, -0.05) is 17.7 Å². The lowest BCUT2D eigenvalue weighted by Gasteiger charge is -2.42. The fourth-order valence-electron chi connectivity index (χ4n) is 6.48. The standard InChI is InChI=1S/C29H21BrN2O8/c1-40-23-10-15(33)6-7-17(23)24-16-8-9-18-25(19(16)11-20-26(24)22(34)12-21(30)27(20)35)29(37)31(28(18)36)13-2-4-14(5-3-13)32(38)39/h2-8,10,12,18-19,24-25,33H,9,11H2,1H3. The third-order valence-corrected chi connectivity index (χ3v) is 8.77. The van der Waals surface area contributed by atoms with Crippen molar-refractivity contribution in [2.75, 3.05) is 12.0 Å². The summed E-state index contributed by atoms with van der Waals surface area (Å²) in [6.07, 6.45) is 3.46. The van der Waals surface area contributed by atoms with Gasteiger partial charge in [-0.25, -0.2) is 0 Å². The summed E-state index contributed by atoms with van der Waals surface area (Å²) >= 11 is 3.20. The van der Waals surface area contributed by atoms with Crippen LogP contribution in [0.1, 0.15) is 24.3 Å². The second-order valence-electron chi connectivity index (χ2n) is 10.1. The van der Waals surface area contributed by atoms with Crippen molar-refractivity contribution in [2.45, 2.75) is 18.8 Å². The number of methoxy groups -OCH3 is 1. The van der Waals surface area contributed by atoms with Gasteiger partial charge >= 0.3 is 0 Å². The number of carbonyl (C=O) groups excluding carboxylic acids is 4. The van der Waals surface area contributed by atoms with Gasteiger partial charge in [-0.3, -0.25) is 34.2 Å². The molecular formula is C29H21BrN2O8. The number of rotatable bonds is 4. The number of phenols is 1. The summed E-state index contributed by atoms with van der Waals surface area (Å²) in [6, 6.07) is 9.74. The fraction of sp³-hybridized carbons (Fsp3) is 0.241. The van der Waals surface area contributed by atoms with Crippen molar-refractivity contribution >= 4 is 50.7 Å². The summed E-state index contributed by atoms with van der Waals surface area (Å²) in [4.78, 5) is 65.7. The number of nitro benzene ring substituents is 1. The van der Waals surface area contributed by atoms with Crippen LogP contribution in [0.4, 0.5) is 11.4 Å². The molecule has 4 aliphatic rings. The van der Waals surface area contributed by atoms with Crippen molar-refractivity contribution in [2.24, 2.45) is 17.8 Å². The van der Waals surface area contributed by atoms with Crippen LogP contribution in [-0.4, -0.2) is 40.5 Å². The van der Waals surface area contributed by atoms with Crippen LogP contribution < -0.4 is 9.64 Å². The number of ketones is 2. The number of Topliss-reactive ketones (excluding diaryl/α,β-unsaturated/α-hetero) is 1. The number of imide groups is 1. The Bertz CT molecular complexity index is 1640. The van der Waals surface area contributed by atoms with Crippen LogP contribution in [0.5, 0.6) is 11.5 Å². The van der Waals surface area contributed by atoms with E-state index >= 15 is 0 Å². The average molecular weight is 605 g/mol. The van der Waals surface area contributed by atoms with Crippen molar-refractivity contribution in [3.05, 3.63) is 91.5 Å². The SMILES string of the molecule is COc1cc(O)ccc1C1C2=CCC3C(=O)N(c4ccc([N+](=O)[O-])cc4)C(=O)C3C2CC2=C1C(=O)C=C(Br)C2=O. The molecule has 0 saturated carbocycles. The van der Waals surface area contributed by atoms with E-state index in [0.717, 1.165) is 10.5 Å². The summed E-state index contributed by atoms with van der Waals surface area (Å²) in [5, 5.41) is 21.2. The van der Waals surface area contributed by atoms with Crippen LogP contribution in [0, 0.1) is 27.9 Å². The van der Waals surface area contributed by atoms with Gasteiger partial charge in [-0.05, 0) is 52.9 Å². The zero-order chi connectivity index (χ0) is 28.5. The summed E-state index contributed by atoms with van der Waals surface area (Å²) in [5.74, 6) is -4.06. The summed E-state index contributed by atoms with van der Waals surface area (Å²) in [5.41, 5.74) is 1.93. The molecular weight excluding hydrogens is 584 g/mol. The average Bonchev–Trinajstić information content (AvgIpc) is 3.20. The van der Waals surface area contributed by atoms with Crippen LogP contribution in [0.15, 0.2) is 75.8 Å². The van der Waals surface area contributed by atoms with Gasteiger partial charge in [0, 0.05) is 46.9 Å². The first kappa shape index (κ1) is 25.9. The highest BCUT2D eigenvalue weighted by molar-refractivity contribution is 9.12. The number of hydrogen-bond acceptors (Lipinski definition) is 8. The van der Waals surface area contributed by atoms with Crippen LogP contribution >= 0.6 is 15.9 Å². The zero-order valence-electron chi connectivity index (χ0n) is 21.0. The predicted molar refractivity (Wildman–Crippen MR) is 145 cm³/mol. The minimum Gasteiger partial charge on any atom is -0.508 e. The van der Waals surface area contributed by atoms with E-state index in [2.05, 4.69) is 15.9 Å². The van der Waals surface area contributed by atoms with Gasteiger partial charge in [0.2, 0.25) is 11.8 Å². The van der Waals surface area contributed by atoms with E-state index in [-0.39, 0.29) is 51.6 Å². The lowest BCUT2D eigenvalue weighted by atomic mass is 9.59. The maximum atomic E-state index is 13.9. The number of hydrogen-bond donors (Lipinski definition) is 1. The molecule has 0 spiro atoms. The Morgan fingerprint density at radius 3 is 2.45 bits per heavy atom. The molecule has 40 heavy (non-hydrogen) atoms. The highest BCUT2D eigenvalue weighted by Gasteiger charge is 2.57. The molecule has 4 atom stereocenters. The molecule has 11 heteroatoms. The number of nitro groups is 1. The van der Waals surface area contributed by atoms with E-state index < -0.39 is 40.4 Å². The van der Waals surface area contributed by atoms with Gasteiger partial charge in [0.15, 0.2) is 11.6 Å². The maximum absolute atomic E-state index is 13.9. The lowest BCUT2D eigenvalue weighted by Crippen LogP contribution is -2.39. The Hall–Kier alpha value is -4.38. The molecule has 0 bridgehead atoms. The number of halogens is 1. The molecule has 0 aromatic heterocycles. The van der Waals surface area contributed by atoms with E-state index in [1.165, 1.54) is 49.6 Å². The van der Waals surface area contributed by atoms with E-state index in [1.807, 2.05) is 6.08 Å². The number of carbonyl (C=O) groups is 4. The molecule has 1 saturated heterocycles. The van der Waals surface area contributed by atoms with Crippen LogP contribution in [0.3, 0.4) is 0 Å². The van der Waals surface area contributed by atoms with Crippen LogP contribution in [-0.2, 0) is 19.2 Å². The van der Waals surface area contributed by atoms with Crippen molar-refractivity contribution in [1.29, 1.82) is 0 Å². The van der Waals surface area contributed by atoms with E-state index in [4.69, 9.17) is 4.74 Å². The molecule has 2 amide bonds. The highest BCUT2D eigenvalue weighted by atomic mass is 79.9. The number of amides is 2. The molecule has 1 N–H and O–H groups in total. The smallest absolute Gasteiger partial charge is 0.269 e. The number of allylic oxidation sites excluding steroid dienone is 6. The van der Waals surface area contributed by atoms with Crippen molar-refractivity contribution in [1.82, 2.24) is 0 Å². The number of non-ortho nitro benzene ring substituents is 1. The largest absolute Gasteiger partial charge is 0.508 e. The van der Waals surface area contributed by atoms with E-state index in [9.17, 15) is 34.4 Å². The van der Waals surface area contributed by atoms with Gasteiger partial charge in [-0.2, -0.15) is 0 Å². The number of benzene rings is 2. The van der Waals surface area contributed by atoms with E-state index in [0.29, 0.717) is 16.9 Å². The van der Waals surface area contributed by atoms with E-state index in [1.54, 1.807) is 6.07 Å². The van der Waals surface area contributed by atoms with Gasteiger partial charge in [0.05, 0.1) is 34.0 Å². The minimum absolute atomic E-state index is 0.0381. The molecule has 1 aliphatic heterocycles. The predicted octanol–water partition coefficient (Wildman–Crippen LogP) is 4.28. The maximum Gasteiger partial charge on any atom is 0.269 e. The number of ether oxygens (including phenoxy) is 1. The minimum atomic E-state index is -0.796. The first-order valence-corrected chi connectivity index (χ1v) is 13.3. The molecule has 4 unspecified atom stereocenters. The third-order valence-electron chi connectivity index (χ3n) is 8.18. The number of phenolic OH excluding ortho intramolecular Hbond substituents is 1. The topological polar surface area (TPSA) is 144 Å². The summed E-state index contributed by atoms with van der Waals surface area (Å²) in [6.45, 7) is 0. The number of aromatic hydroxyl groups is 1. The fourth-order valence-corrected chi connectivity index (χ4v) is 6.93. The molecule has 1 fully saturated rings. The Morgan fingerprint density at radius 2 is 1.77 bits per heavy atom. The zero-order valence-corrected chi connectivity index (χ0v) is 22.6. The van der Waals surface area contributed by atoms with Crippen LogP contribution in [0.2, 0.25) is 0 Å². The monoisotopic (exact) mass is 604 g/mol. The van der Waals surface area contributed by atoms with Crippen molar-refractivity contribution < 1.29 is 33.9 Å². The normalized spacial score (nSPS) is 25.7. The van der Waals surface area contributed by atoms with Crippen molar-refractivity contribution in [3.8, 4) is 11.5 Å². The Kier molecular flexibility index (Phi) is 6.06. The second-order valence-corrected chi connectivity index (χ2v) is 11.0. The molecule has 2 aromatic carbocycles. The molecule has 202 valence electrons. The summed E-state index contributed by atoms with van der Waals surface area (Å²) < 4.78 is 5.66. The number of fused-ring (bicyclic) bond motifs is 3. The Labute approximate surface area is 235 Å². The Morgan fingerprint density at radius 1 is 1.05 bits per heavy atom. The molecule has 3 aliphatic carbocycles. The Balaban J connectivity index is 1.47. The molecule has 6 rings (SSSR count). The van der Waals surface area contributed by atoms with Crippen LogP contribution in [0.25, 0.3) is 0 Å². The third kappa shape index (κ3) is 3.75. The highest BCUT2D eigenvalue weighted by Crippen LogP contribution is 2.56. The first-order valence-electron chi connectivity index (χ1n) is 12.5. The molecule has 1 heterocycles. The summed E-state index contributed by atoms with van der Waals surface area (Å²) in [7, 11) is 1.44. The first-order chi connectivity index (χ1) is 19.1. The van der Waals surface area contributed by atoms with Gasteiger partial charge in [0.1, 0.15) is 11.5 Å². The second kappa shape index (κ2) is 9.37. The lowest BCUT2D eigenvalue weighted by molar-refractivity contribution is -0.384. The van der Waals surface area contributed by atoms with Gasteiger partial charge < -0.3 is 9.84 Å².